The Hall–Kier alpha value is -3.14. The number of para-hydroxylation sites is 2. The Labute approximate surface area is 164 Å². The molecular formula is C24H22N2O2. The maximum absolute atomic E-state index is 11.4. The van der Waals surface area contributed by atoms with E-state index in [-0.39, 0.29) is 21.4 Å². The molecule has 2 heterocycles. The number of hydrogen-bond acceptors (Lipinski definition) is 3. The van der Waals surface area contributed by atoms with E-state index in [4.69, 9.17) is 0 Å². The van der Waals surface area contributed by atoms with Crippen LogP contribution in [0, 0.1) is 10.1 Å². The Morgan fingerprint density at radius 1 is 0.750 bits per heavy atom. The lowest BCUT2D eigenvalue weighted by atomic mass is 9.66. The minimum atomic E-state index is -0.328. The Morgan fingerprint density at radius 2 is 1.32 bits per heavy atom. The first-order valence-electron chi connectivity index (χ1n) is 9.57. The molecule has 28 heavy (non-hydrogen) atoms. The molecule has 5 rings (SSSR count). The van der Waals surface area contributed by atoms with Crippen LogP contribution < -0.4 is 4.90 Å². The molecule has 0 atom stereocenters. The van der Waals surface area contributed by atoms with Gasteiger partial charge in [-0.25, -0.2) is 0 Å². The van der Waals surface area contributed by atoms with E-state index < -0.39 is 0 Å². The molecule has 0 N–H and O–H groups in total. The van der Waals surface area contributed by atoms with Gasteiger partial charge in [-0.2, -0.15) is 0 Å². The van der Waals surface area contributed by atoms with Crippen LogP contribution in [-0.2, 0) is 10.8 Å². The predicted molar refractivity (Wildman–Crippen MR) is 112 cm³/mol. The van der Waals surface area contributed by atoms with Crippen molar-refractivity contribution < 1.29 is 4.92 Å². The van der Waals surface area contributed by atoms with Crippen molar-refractivity contribution in [3.63, 3.8) is 0 Å². The van der Waals surface area contributed by atoms with Crippen molar-refractivity contribution in [2.45, 2.75) is 38.5 Å². The summed E-state index contributed by atoms with van der Waals surface area (Å²) >= 11 is 0. The van der Waals surface area contributed by atoms with Gasteiger partial charge in [0.25, 0.3) is 5.69 Å². The highest BCUT2D eigenvalue weighted by molar-refractivity contribution is 5.92. The number of anilines is 3. The van der Waals surface area contributed by atoms with Crippen molar-refractivity contribution in [3.8, 4) is 0 Å². The third-order valence-corrected chi connectivity index (χ3v) is 6.53. The number of nitro benzene ring substituents is 1. The fraction of sp³-hybridized carbons (Fsp3) is 0.250. The number of nitro groups is 1. The normalized spacial score (nSPS) is 17.4. The minimum absolute atomic E-state index is 0.118. The summed E-state index contributed by atoms with van der Waals surface area (Å²) in [4.78, 5) is 13.4. The maximum Gasteiger partial charge on any atom is 0.269 e. The van der Waals surface area contributed by atoms with E-state index >= 15 is 0 Å². The Morgan fingerprint density at radius 3 is 2.00 bits per heavy atom. The van der Waals surface area contributed by atoms with Crippen LogP contribution in [0.5, 0.6) is 0 Å². The molecule has 4 nitrogen and oxygen atoms in total. The van der Waals surface area contributed by atoms with Gasteiger partial charge in [0.05, 0.1) is 22.0 Å². The lowest BCUT2D eigenvalue weighted by Crippen LogP contribution is -2.38. The summed E-state index contributed by atoms with van der Waals surface area (Å²) in [6.45, 7) is 8.88. The van der Waals surface area contributed by atoms with Crippen molar-refractivity contribution >= 4 is 22.7 Å². The Bertz CT molecular complexity index is 1160. The molecule has 2 aliphatic heterocycles. The number of non-ortho nitro benzene ring substituents is 1. The number of fused-ring (bicyclic) bond motifs is 4. The number of benzene rings is 3. The lowest BCUT2D eigenvalue weighted by molar-refractivity contribution is -0.384. The van der Waals surface area contributed by atoms with Gasteiger partial charge in [0.1, 0.15) is 0 Å². The number of hydrogen-bond donors (Lipinski definition) is 0. The summed E-state index contributed by atoms with van der Waals surface area (Å²) in [5.74, 6) is 0. The summed E-state index contributed by atoms with van der Waals surface area (Å²) in [5, 5.41) is 11.4. The van der Waals surface area contributed by atoms with E-state index in [0.29, 0.717) is 0 Å². The van der Waals surface area contributed by atoms with E-state index in [1.54, 1.807) is 12.1 Å². The van der Waals surface area contributed by atoms with Crippen LogP contribution >= 0.6 is 0 Å². The zero-order valence-corrected chi connectivity index (χ0v) is 16.5. The van der Waals surface area contributed by atoms with Gasteiger partial charge < -0.3 is 4.90 Å². The van der Waals surface area contributed by atoms with Gasteiger partial charge in [0, 0.05) is 23.0 Å². The molecule has 0 amide bonds. The second-order valence-electron chi connectivity index (χ2n) is 8.76. The molecule has 0 radical (unpaired) electrons. The molecule has 3 aromatic rings. The quantitative estimate of drug-likeness (QED) is 0.371. The molecule has 2 aliphatic rings. The Kier molecular flexibility index (Phi) is 3.17. The molecule has 4 heteroatoms. The number of nitrogens with zero attached hydrogens (tertiary/aromatic N) is 2. The monoisotopic (exact) mass is 370 g/mol. The van der Waals surface area contributed by atoms with Crippen molar-refractivity contribution in [1.29, 1.82) is 0 Å². The van der Waals surface area contributed by atoms with Crippen molar-refractivity contribution in [2.75, 3.05) is 4.90 Å². The molecule has 0 bridgehead atoms. The minimum Gasteiger partial charge on any atom is -0.309 e. The van der Waals surface area contributed by atoms with E-state index in [9.17, 15) is 10.1 Å². The molecule has 140 valence electrons. The molecule has 0 fully saturated rings. The SMILES string of the molecule is CC1(C)c2ccccc2N2c3ccc([N+](=O)[O-])cc3C(C)(C)c3cccc1c32. The van der Waals surface area contributed by atoms with E-state index in [0.717, 1.165) is 16.9 Å². The molecule has 0 saturated heterocycles. The van der Waals surface area contributed by atoms with Crippen LogP contribution in [0.1, 0.15) is 49.9 Å². The van der Waals surface area contributed by atoms with Gasteiger partial charge in [-0.05, 0) is 34.4 Å². The fourth-order valence-electron chi connectivity index (χ4n) is 4.98. The zero-order valence-electron chi connectivity index (χ0n) is 16.5. The maximum atomic E-state index is 11.4. The second-order valence-corrected chi connectivity index (χ2v) is 8.76. The molecular weight excluding hydrogens is 348 g/mol. The van der Waals surface area contributed by atoms with Gasteiger partial charge in [-0.3, -0.25) is 10.1 Å². The molecule has 3 aromatic carbocycles. The zero-order chi connectivity index (χ0) is 19.8. The third-order valence-electron chi connectivity index (χ3n) is 6.53. The van der Waals surface area contributed by atoms with Crippen molar-refractivity contribution in [2.24, 2.45) is 0 Å². The van der Waals surface area contributed by atoms with Gasteiger partial charge in [0.15, 0.2) is 0 Å². The summed E-state index contributed by atoms with van der Waals surface area (Å²) in [6, 6.07) is 20.3. The van der Waals surface area contributed by atoms with E-state index in [2.05, 4.69) is 75.1 Å². The molecule has 0 saturated carbocycles. The Balaban J connectivity index is 1.92. The van der Waals surface area contributed by atoms with Gasteiger partial charge in [-0.1, -0.05) is 64.1 Å². The van der Waals surface area contributed by atoms with Crippen molar-refractivity contribution in [3.05, 3.63) is 93.0 Å². The van der Waals surface area contributed by atoms with E-state index in [1.165, 1.54) is 22.4 Å². The first-order valence-corrected chi connectivity index (χ1v) is 9.57. The lowest BCUT2D eigenvalue weighted by Gasteiger charge is -2.49. The number of rotatable bonds is 1. The fourth-order valence-corrected chi connectivity index (χ4v) is 4.98. The van der Waals surface area contributed by atoms with Crippen LogP contribution in [0.2, 0.25) is 0 Å². The smallest absolute Gasteiger partial charge is 0.269 e. The first-order chi connectivity index (χ1) is 13.2. The van der Waals surface area contributed by atoms with Crippen LogP contribution in [-0.4, -0.2) is 4.92 Å². The topological polar surface area (TPSA) is 46.4 Å². The highest BCUT2D eigenvalue weighted by atomic mass is 16.6. The van der Waals surface area contributed by atoms with Crippen LogP contribution in [0.3, 0.4) is 0 Å². The molecule has 0 spiro atoms. The van der Waals surface area contributed by atoms with Crippen LogP contribution in [0.15, 0.2) is 60.7 Å². The summed E-state index contributed by atoms with van der Waals surface area (Å²) in [7, 11) is 0. The van der Waals surface area contributed by atoms with Gasteiger partial charge in [-0.15, -0.1) is 0 Å². The predicted octanol–water partition coefficient (Wildman–Crippen LogP) is 6.34. The van der Waals surface area contributed by atoms with Gasteiger partial charge in [0.2, 0.25) is 0 Å². The highest BCUT2D eigenvalue weighted by Crippen LogP contribution is 2.59. The molecule has 0 aromatic heterocycles. The molecule has 0 aliphatic carbocycles. The summed E-state index contributed by atoms with van der Waals surface area (Å²) in [5.41, 5.74) is 7.84. The van der Waals surface area contributed by atoms with Crippen LogP contribution in [0.25, 0.3) is 0 Å². The molecule has 0 unspecified atom stereocenters. The van der Waals surface area contributed by atoms with Crippen molar-refractivity contribution in [1.82, 2.24) is 0 Å². The average molecular weight is 370 g/mol. The standard InChI is InChI=1S/C24H22N2O2/c1-23(2)16-8-5-6-11-20(16)25-21-13-12-15(26(27)28)14-19(21)24(3,4)18-10-7-9-17(23)22(18)25/h5-14H,1-4H3. The van der Waals surface area contributed by atoms with Gasteiger partial charge >= 0.3 is 0 Å². The summed E-state index contributed by atoms with van der Waals surface area (Å²) in [6.07, 6.45) is 0. The highest BCUT2D eigenvalue weighted by Gasteiger charge is 2.45. The third kappa shape index (κ3) is 1.95. The average Bonchev–Trinajstić information content (AvgIpc) is 2.67. The van der Waals surface area contributed by atoms with Crippen LogP contribution in [0.4, 0.5) is 22.7 Å². The first kappa shape index (κ1) is 17.0. The second kappa shape index (κ2) is 5.22. The summed E-state index contributed by atoms with van der Waals surface area (Å²) < 4.78 is 0. The van der Waals surface area contributed by atoms with E-state index in [1.807, 2.05) is 6.07 Å². The largest absolute Gasteiger partial charge is 0.309 e.